The predicted molar refractivity (Wildman–Crippen MR) is 67.8 cm³/mol. The number of imide groups is 1. The van der Waals surface area contributed by atoms with Crippen LogP contribution in [-0.4, -0.2) is 29.4 Å². The van der Waals surface area contributed by atoms with Crippen LogP contribution in [0.15, 0.2) is 11.1 Å². The van der Waals surface area contributed by atoms with E-state index in [-0.39, 0.29) is 18.5 Å². The highest BCUT2D eigenvalue weighted by atomic mass is 16.5. The van der Waals surface area contributed by atoms with Crippen LogP contribution in [0.2, 0.25) is 0 Å². The molecule has 2 amide bonds. The zero-order chi connectivity index (χ0) is 14.2. The molecule has 19 heavy (non-hydrogen) atoms. The summed E-state index contributed by atoms with van der Waals surface area (Å²) in [5.74, 6) is -0.999. The number of carbonyl (C=O) groups excluding carboxylic acids is 3. The lowest BCUT2D eigenvalue weighted by Gasteiger charge is -2.20. The van der Waals surface area contributed by atoms with Gasteiger partial charge in [0.1, 0.15) is 0 Å². The summed E-state index contributed by atoms with van der Waals surface area (Å²) in [4.78, 5) is 36.8. The van der Waals surface area contributed by atoms with E-state index in [1.807, 2.05) is 0 Å². The summed E-state index contributed by atoms with van der Waals surface area (Å²) < 4.78 is 5.06. The summed E-state index contributed by atoms with van der Waals surface area (Å²) in [6.45, 7) is 4.91. The van der Waals surface area contributed by atoms with Crippen molar-refractivity contribution >= 4 is 17.8 Å². The van der Waals surface area contributed by atoms with E-state index in [1.165, 1.54) is 0 Å². The minimum Gasteiger partial charge on any atom is -0.443 e. The van der Waals surface area contributed by atoms with Crippen molar-refractivity contribution in [3.05, 3.63) is 11.1 Å². The van der Waals surface area contributed by atoms with Gasteiger partial charge in [0.25, 0.3) is 11.8 Å². The van der Waals surface area contributed by atoms with E-state index in [0.29, 0.717) is 24.0 Å². The van der Waals surface area contributed by atoms with E-state index in [2.05, 4.69) is 0 Å². The Bertz CT molecular complexity index is 442. The van der Waals surface area contributed by atoms with Gasteiger partial charge >= 0.3 is 5.97 Å². The SMILES string of the molecule is CC(C)(C)C(=O)OCN1C(=O)C2=C(CCCC2)C1=O. The number of carbonyl (C=O) groups is 3. The molecule has 5 nitrogen and oxygen atoms in total. The predicted octanol–water partition coefficient (Wildman–Crippen LogP) is 1.77. The van der Waals surface area contributed by atoms with Crippen molar-refractivity contribution in [3.8, 4) is 0 Å². The second-order valence-electron chi connectivity index (χ2n) is 6.01. The van der Waals surface area contributed by atoms with Gasteiger partial charge in [-0.3, -0.25) is 14.4 Å². The van der Waals surface area contributed by atoms with Crippen LogP contribution in [0.4, 0.5) is 0 Å². The maximum atomic E-state index is 12.1. The monoisotopic (exact) mass is 265 g/mol. The third kappa shape index (κ3) is 2.55. The third-order valence-corrected chi connectivity index (χ3v) is 3.41. The zero-order valence-corrected chi connectivity index (χ0v) is 11.6. The molecule has 0 bridgehead atoms. The molecular formula is C14H19NO4. The number of ether oxygens (including phenoxy) is 1. The first kappa shape index (κ1) is 13.8. The van der Waals surface area contributed by atoms with Crippen LogP contribution in [0.25, 0.3) is 0 Å². The Labute approximate surface area is 112 Å². The number of nitrogens with zero attached hydrogens (tertiary/aromatic N) is 1. The maximum absolute atomic E-state index is 12.1. The number of rotatable bonds is 2. The molecule has 0 unspecified atom stereocenters. The fourth-order valence-corrected chi connectivity index (χ4v) is 2.25. The van der Waals surface area contributed by atoms with Crippen molar-refractivity contribution in [2.45, 2.75) is 46.5 Å². The van der Waals surface area contributed by atoms with Crippen molar-refractivity contribution < 1.29 is 19.1 Å². The number of amides is 2. The van der Waals surface area contributed by atoms with Crippen molar-refractivity contribution in [2.24, 2.45) is 5.41 Å². The molecule has 104 valence electrons. The lowest BCUT2D eigenvalue weighted by Crippen LogP contribution is -2.36. The van der Waals surface area contributed by atoms with Gasteiger partial charge in [-0.25, -0.2) is 4.90 Å². The molecule has 1 aliphatic carbocycles. The Kier molecular flexibility index (Phi) is 3.47. The molecule has 0 aromatic heterocycles. The Hall–Kier alpha value is -1.65. The van der Waals surface area contributed by atoms with Crippen LogP contribution in [0, 0.1) is 5.41 Å². The van der Waals surface area contributed by atoms with Gasteiger partial charge in [-0.15, -0.1) is 0 Å². The first-order valence-electron chi connectivity index (χ1n) is 6.58. The normalized spacial score (nSPS) is 19.8. The third-order valence-electron chi connectivity index (χ3n) is 3.41. The summed E-state index contributed by atoms with van der Waals surface area (Å²) >= 11 is 0. The second-order valence-corrected chi connectivity index (χ2v) is 6.01. The van der Waals surface area contributed by atoms with Crippen molar-refractivity contribution in [3.63, 3.8) is 0 Å². The van der Waals surface area contributed by atoms with E-state index >= 15 is 0 Å². The van der Waals surface area contributed by atoms with Crippen molar-refractivity contribution in [1.29, 1.82) is 0 Å². The Morgan fingerprint density at radius 2 is 1.58 bits per heavy atom. The number of hydrogen-bond donors (Lipinski definition) is 0. The summed E-state index contributed by atoms with van der Waals surface area (Å²) in [5, 5.41) is 0. The summed E-state index contributed by atoms with van der Waals surface area (Å²) in [6.07, 6.45) is 3.19. The summed E-state index contributed by atoms with van der Waals surface area (Å²) in [6, 6.07) is 0. The molecule has 0 aromatic rings. The molecule has 0 saturated heterocycles. The molecule has 1 heterocycles. The molecule has 5 heteroatoms. The van der Waals surface area contributed by atoms with Crippen molar-refractivity contribution in [2.75, 3.05) is 6.73 Å². The topological polar surface area (TPSA) is 63.7 Å². The highest BCUT2D eigenvalue weighted by Crippen LogP contribution is 2.32. The minimum absolute atomic E-state index is 0.277. The average molecular weight is 265 g/mol. The van der Waals surface area contributed by atoms with Gasteiger partial charge in [-0.1, -0.05) is 0 Å². The van der Waals surface area contributed by atoms with Gasteiger partial charge in [-0.05, 0) is 46.5 Å². The lowest BCUT2D eigenvalue weighted by atomic mass is 9.93. The largest absolute Gasteiger partial charge is 0.443 e. The van der Waals surface area contributed by atoms with Crippen LogP contribution in [0.1, 0.15) is 46.5 Å². The van der Waals surface area contributed by atoms with Crippen LogP contribution < -0.4 is 0 Å². The highest BCUT2D eigenvalue weighted by molar-refractivity contribution is 6.19. The molecule has 2 rings (SSSR count). The molecule has 0 spiro atoms. The highest BCUT2D eigenvalue weighted by Gasteiger charge is 2.39. The van der Waals surface area contributed by atoms with Crippen molar-refractivity contribution in [1.82, 2.24) is 4.90 Å². The summed E-state index contributed by atoms with van der Waals surface area (Å²) in [5.41, 5.74) is 0.588. The zero-order valence-electron chi connectivity index (χ0n) is 11.6. The molecule has 1 aliphatic heterocycles. The Balaban J connectivity index is 2.03. The van der Waals surface area contributed by atoms with Crippen LogP contribution in [-0.2, 0) is 19.1 Å². The number of esters is 1. The summed E-state index contributed by atoms with van der Waals surface area (Å²) in [7, 11) is 0. The molecule has 0 atom stereocenters. The van der Waals surface area contributed by atoms with E-state index in [9.17, 15) is 14.4 Å². The molecule has 0 aromatic carbocycles. The Morgan fingerprint density at radius 1 is 1.11 bits per heavy atom. The lowest BCUT2D eigenvalue weighted by molar-refractivity contribution is -0.161. The standard InChI is InChI=1S/C14H19NO4/c1-14(2,3)13(18)19-8-15-11(16)9-6-4-5-7-10(9)12(15)17/h4-8H2,1-3H3. The molecule has 0 fully saturated rings. The van der Waals surface area contributed by atoms with Crippen LogP contribution >= 0.6 is 0 Å². The van der Waals surface area contributed by atoms with Gasteiger partial charge in [0.15, 0.2) is 6.73 Å². The van der Waals surface area contributed by atoms with Crippen LogP contribution in [0.3, 0.4) is 0 Å². The van der Waals surface area contributed by atoms with Gasteiger partial charge in [-0.2, -0.15) is 0 Å². The first-order chi connectivity index (χ1) is 8.82. The average Bonchev–Trinajstić information content (AvgIpc) is 2.59. The van der Waals surface area contributed by atoms with E-state index < -0.39 is 11.4 Å². The van der Waals surface area contributed by atoms with Gasteiger partial charge in [0.05, 0.1) is 5.41 Å². The Morgan fingerprint density at radius 3 is 2.00 bits per heavy atom. The van der Waals surface area contributed by atoms with E-state index in [1.54, 1.807) is 20.8 Å². The van der Waals surface area contributed by atoms with Gasteiger partial charge < -0.3 is 4.74 Å². The van der Waals surface area contributed by atoms with E-state index in [4.69, 9.17) is 4.74 Å². The maximum Gasteiger partial charge on any atom is 0.312 e. The number of hydrogen-bond acceptors (Lipinski definition) is 4. The van der Waals surface area contributed by atoms with Crippen LogP contribution in [0.5, 0.6) is 0 Å². The first-order valence-corrected chi connectivity index (χ1v) is 6.58. The second kappa shape index (κ2) is 4.79. The molecular weight excluding hydrogens is 246 g/mol. The quantitative estimate of drug-likeness (QED) is 0.564. The van der Waals surface area contributed by atoms with Gasteiger partial charge in [0, 0.05) is 11.1 Å². The smallest absolute Gasteiger partial charge is 0.312 e. The molecule has 0 N–H and O–H groups in total. The molecule has 0 radical (unpaired) electrons. The minimum atomic E-state index is -0.640. The molecule has 0 saturated carbocycles. The fourth-order valence-electron chi connectivity index (χ4n) is 2.25. The molecule has 2 aliphatic rings. The van der Waals surface area contributed by atoms with Gasteiger partial charge in [0.2, 0.25) is 0 Å². The van der Waals surface area contributed by atoms with E-state index in [0.717, 1.165) is 17.7 Å². The fraction of sp³-hybridized carbons (Fsp3) is 0.643.